The molecular weight excluding hydrogens is 953 g/mol. The van der Waals surface area contributed by atoms with Crippen LogP contribution >= 0.6 is 47.5 Å². The summed E-state index contributed by atoms with van der Waals surface area (Å²) in [6.07, 6.45) is 0. The summed E-state index contributed by atoms with van der Waals surface area (Å²) in [4.78, 5) is 153. The van der Waals surface area contributed by atoms with Crippen molar-refractivity contribution in [3.05, 3.63) is 78.6 Å². The van der Waals surface area contributed by atoms with E-state index < -0.39 is 103 Å². The number of hydrogen-bond acceptors (Lipinski definition) is 25. The van der Waals surface area contributed by atoms with E-state index in [9.17, 15) is 67.1 Å². The molecule has 64 heavy (non-hydrogen) atoms. The van der Waals surface area contributed by atoms with E-state index in [4.69, 9.17) is 25.2 Å². The Morgan fingerprint density at radius 1 is 0.469 bits per heavy atom. The summed E-state index contributed by atoms with van der Waals surface area (Å²) in [5, 5.41) is 34.3. The molecule has 0 radical (unpaired) electrons. The van der Waals surface area contributed by atoms with Crippen molar-refractivity contribution in [1.29, 1.82) is 0 Å². The van der Waals surface area contributed by atoms with Crippen molar-refractivity contribution in [2.75, 3.05) is 35.5 Å². The number of carboxylic acids is 4. The Kier molecular flexibility index (Phi) is 19.6. The van der Waals surface area contributed by atoms with Crippen LogP contribution < -0.4 is 27.2 Å². The fourth-order valence-electron chi connectivity index (χ4n) is 4.25. The van der Waals surface area contributed by atoms with Crippen LogP contribution in [0.3, 0.4) is 0 Å². The Hall–Kier alpha value is -8.01. The maximum absolute atomic E-state index is 11.8. The van der Waals surface area contributed by atoms with Crippen LogP contribution in [0.4, 0.5) is 0 Å². The molecule has 0 aliphatic heterocycles. The molecule has 5 rings (SSSR count). The summed E-state index contributed by atoms with van der Waals surface area (Å²) in [5.74, 6) is -8.21. The van der Waals surface area contributed by atoms with Gasteiger partial charge >= 0.3 is 82.2 Å². The molecule has 0 saturated heterocycles. The summed E-state index contributed by atoms with van der Waals surface area (Å²) in [6, 6.07) is 0. The molecule has 5 aromatic rings. The van der Waals surface area contributed by atoms with Gasteiger partial charge in [-0.3, -0.25) is 4.79 Å². The van der Waals surface area contributed by atoms with Crippen molar-refractivity contribution in [1.82, 2.24) is 0 Å². The van der Waals surface area contributed by atoms with Gasteiger partial charge in [-0.1, -0.05) is 11.3 Å². The molecule has 4 N–H and O–H groups in total. The van der Waals surface area contributed by atoms with Crippen molar-refractivity contribution < 1.29 is 106 Å². The van der Waals surface area contributed by atoms with Crippen LogP contribution in [0, 0.1) is 11.8 Å². The third-order valence-electron chi connectivity index (χ3n) is 6.68. The van der Waals surface area contributed by atoms with Gasteiger partial charge in [-0.15, -0.1) is 22.7 Å². The van der Waals surface area contributed by atoms with Crippen LogP contribution in [0.2, 0.25) is 0 Å². The second-order valence-corrected chi connectivity index (χ2v) is 13.4. The van der Waals surface area contributed by atoms with E-state index in [1.54, 1.807) is 0 Å². The number of thiophene rings is 3. The van der Waals surface area contributed by atoms with Gasteiger partial charge in [0.2, 0.25) is 5.06 Å². The second kappa shape index (κ2) is 23.3. The zero-order valence-corrected chi connectivity index (χ0v) is 35.9. The normalized spacial score (nSPS) is 9.66. The number of carbonyl (C=O) groups is 10. The van der Waals surface area contributed by atoms with Crippen molar-refractivity contribution in [3.63, 3.8) is 0 Å². The molecule has 5 heterocycles. The predicted octanol–water partition coefficient (Wildman–Crippen LogP) is 0.580. The van der Waals surface area contributed by atoms with Crippen molar-refractivity contribution in [2.45, 2.75) is 6.92 Å². The number of ether oxygens (including phenoxy) is 6. The van der Waals surface area contributed by atoms with Gasteiger partial charge in [-0.25, -0.2) is 62.3 Å². The number of furan rings is 2. The fourth-order valence-corrected chi connectivity index (χ4v) is 7.33. The van der Waals surface area contributed by atoms with Gasteiger partial charge in [-0.05, 0) is 0 Å². The number of esters is 6. The Labute approximate surface area is 369 Å². The molecule has 0 spiro atoms. The third kappa shape index (κ3) is 12.3. The Morgan fingerprint density at radius 3 is 1.16 bits per heavy atom. The highest BCUT2D eigenvalue weighted by molar-refractivity contribution is 7.59. The fraction of sp³-hybridized carbons (Fsp3) is 0.176. The van der Waals surface area contributed by atoms with E-state index in [1.165, 1.54) is 14.2 Å². The lowest BCUT2D eigenvalue weighted by Gasteiger charge is -2.04. The summed E-state index contributed by atoms with van der Waals surface area (Å²) >= 11 is 1.46. The number of hydrogen-bond donors (Lipinski definition) is 4. The number of methoxy groups -OCH3 is 5. The highest BCUT2D eigenvalue weighted by Gasteiger charge is 2.35. The molecule has 0 saturated carbocycles. The van der Waals surface area contributed by atoms with E-state index in [0.29, 0.717) is 11.3 Å². The maximum atomic E-state index is 11.8. The van der Waals surface area contributed by atoms with E-state index in [2.05, 4.69) is 32.5 Å². The predicted molar refractivity (Wildman–Crippen MR) is 215 cm³/mol. The molecular formula is C34H24O26S4. The first-order valence-corrected chi connectivity index (χ1v) is 18.0. The standard InChI is InChI=1S/C12H12O8S.C8H4O8S.C8O6S.C6H6O4.H2S/c1-5(13)20-12-7(10(15)18-3)6(9(14)17-2)8(21-12)11(16)19-4;9-5(10)1-2(6(11)12)4(8(15)16)17-3(1)7(13)14;9-5-1-2-4(8(12)14-6(2)10)15-3(1)7(11)13-5;1-9-5(7)3-4-6(8)10-2;/h1-4H3;(H,9,10)(H,11,12)(H,13,14)(H,15,16);;1-2H3;1H2. The molecule has 340 valence electrons. The van der Waals surface area contributed by atoms with Gasteiger partial charge in [0.05, 0.1) is 35.5 Å². The molecule has 0 bridgehead atoms. The minimum Gasteiger partial charge on any atom is -0.478 e. The Balaban J connectivity index is 0.000000436. The van der Waals surface area contributed by atoms with Crippen LogP contribution in [-0.2, 0) is 38.1 Å². The van der Waals surface area contributed by atoms with Gasteiger partial charge in [0.25, 0.3) is 0 Å². The molecule has 0 aromatic carbocycles. The van der Waals surface area contributed by atoms with Crippen LogP contribution in [0.5, 0.6) is 5.06 Å². The molecule has 0 amide bonds. The molecule has 0 unspecified atom stereocenters. The smallest absolute Gasteiger partial charge is 0.384 e. The quantitative estimate of drug-likeness (QED) is 0.0715. The molecule has 26 nitrogen and oxygen atoms in total. The number of carbonyl (C=O) groups excluding carboxylic acids is 6. The van der Waals surface area contributed by atoms with Gasteiger partial charge in [0.1, 0.15) is 57.1 Å². The monoisotopic (exact) mass is 976 g/mol. The van der Waals surface area contributed by atoms with Crippen molar-refractivity contribution in [3.8, 4) is 16.9 Å². The lowest BCUT2D eigenvalue weighted by atomic mass is 10.1. The topological polar surface area (TPSA) is 402 Å². The first kappa shape index (κ1) is 54.0. The molecule has 0 aliphatic rings. The molecule has 0 fully saturated rings. The molecule has 5 aromatic heterocycles. The van der Waals surface area contributed by atoms with Crippen LogP contribution in [0.1, 0.15) is 77.4 Å². The highest BCUT2D eigenvalue weighted by Crippen LogP contribution is 2.37. The number of fused-ring (bicyclic) bond motifs is 3. The van der Waals surface area contributed by atoms with Gasteiger partial charge < -0.3 is 57.7 Å². The zero-order valence-electron chi connectivity index (χ0n) is 32.5. The minimum atomic E-state index is -1.80. The number of carboxylic acid groups (broad SMARTS) is 4. The van der Waals surface area contributed by atoms with E-state index in [-0.39, 0.29) is 66.1 Å². The first-order valence-electron chi connectivity index (χ1n) is 15.5. The van der Waals surface area contributed by atoms with Gasteiger partial charge in [0, 0.05) is 18.8 Å². The SMILES string of the molecule is COC(=O)C#CC(=O)OC.COC(=O)c1sc(OC(C)=O)c(C(=O)OC)c1C(=O)OC.O=C(O)c1sc(C(=O)O)c(C(=O)O)c1C(=O)O.O=c1oc(=O)c2c1sc1c(=O)oc(=O)c12.S. The van der Waals surface area contributed by atoms with E-state index >= 15 is 0 Å². The molecule has 30 heteroatoms. The van der Waals surface area contributed by atoms with E-state index in [1.807, 2.05) is 11.8 Å². The second-order valence-electron chi connectivity index (χ2n) is 10.4. The molecule has 0 atom stereocenters. The maximum Gasteiger partial charge on any atom is 0.384 e. The summed E-state index contributed by atoms with van der Waals surface area (Å²) in [6.45, 7) is 1.11. The van der Waals surface area contributed by atoms with Gasteiger partial charge in [-0.2, -0.15) is 13.5 Å². The summed E-state index contributed by atoms with van der Waals surface area (Å²) in [7, 11) is 5.61. The van der Waals surface area contributed by atoms with Gasteiger partial charge in [0.15, 0.2) is 0 Å². The Morgan fingerprint density at radius 2 is 0.844 bits per heavy atom. The van der Waals surface area contributed by atoms with E-state index in [0.717, 1.165) is 39.6 Å². The first-order chi connectivity index (χ1) is 29.4. The summed E-state index contributed by atoms with van der Waals surface area (Å²) in [5.41, 5.74) is -6.22. The zero-order chi connectivity index (χ0) is 48.2. The lowest BCUT2D eigenvalue weighted by Crippen LogP contribution is -2.15. The van der Waals surface area contributed by atoms with Crippen LogP contribution in [-0.4, -0.2) is 116 Å². The summed E-state index contributed by atoms with van der Waals surface area (Å²) < 4.78 is 35.3. The largest absolute Gasteiger partial charge is 0.478 e. The number of aromatic carboxylic acids is 4. The van der Waals surface area contributed by atoms with Crippen molar-refractivity contribution in [2.24, 2.45) is 0 Å². The van der Waals surface area contributed by atoms with Crippen molar-refractivity contribution >= 4 is 127 Å². The van der Waals surface area contributed by atoms with Crippen LogP contribution in [0.25, 0.3) is 20.2 Å². The molecule has 0 aliphatic carbocycles. The number of rotatable bonds is 8. The van der Waals surface area contributed by atoms with Crippen LogP contribution in [0.15, 0.2) is 28.0 Å². The Bertz CT molecular complexity index is 2840. The lowest BCUT2D eigenvalue weighted by molar-refractivity contribution is -0.135. The average Bonchev–Trinajstić information content (AvgIpc) is 4.03. The average molecular weight is 977 g/mol. The highest BCUT2D eigenvalue weighted by atomic mass is 32.1. The third-order valence-corrected chi connectivity index (χ3v) is 10.0. The minimum absolute atomic E-state index is 0.